The summed E-state index contributed by atoms with van der Waals surface area (Å²) in [5.41, 5.74) is 10.0. The minimum atomic E-state index is -1.07. The molecule has 0 bridgehead atoms. The van der Waals surface area contributed by atoms with Gasteiger partial charge in [0.1, 0.15) is 6.04 Å². The predicted octanol–water partition coefficient (Wildman–Crippen LogP) is 4.06. The molecule has 7 N–H and O–H groups in total. The first-order valence-corrected chi connectivity index (χ1v) is 13.7. The molecule has 3 unspecified atom stereocenters. The predicted molar refractivity (Wildman–Crippen MR) is 134 cm³/mol. The normalized spacial score (nSPS) is 25.7. The number of nitrogens with one attached hydrogen (secondary N) is 2. The third-order valence-electron chi connectivity index (χ3n) is 7.97. The van der Waals surface area contributed by atoms with Gasteiger partial charge in [-0.05, 0) is 69.2 Å². The van der Waals surface area contributed by atoms with Gasteiger partial charge < -0.3 is 27.2 Å². The lowest BCUT2D eigenvalue weighted by Gasteiger charge is -2.39. The zero-order valence-electron chi connectivity index (χ0n) is 20.9. The first kappa shape index (κ1) is 28.4. The van der Waals surface area contributed by atoms with Gasteiger partial charge in [-0.15, -0.1) is 0 Å². The summed E-state index contributed by atoms with van der Waals surface area (Å²) in [6, 6.07) is -1.23. The number of rotatable bonds is 10. The Morgan fingerprint density at radius 1 is 0.882 bits per heavy atom. The number of amides is 3. The summed E-state index contributed by atoms with van der Waals surface area (Å²) in [5, 5.41) is 14.1. The Hall–Kier alpha value is -1.83. The third-order valence-corrected chi connectivity index (χ3v) is 7.97. The molecule has 8 nitrogen and oxygen atoms in total. The lowest BCUT2D eigenvalue weighted by molar-refractivity contribution is -0.139. The molecule has 3 aliphatic carbocycles. The molecule has 0 heterocycles. The van der Waals surface area contributed by atoms with Crippen molar-refractivity contribution in [2.45, 2.75) is 121 Å². The van der Waals surface area contributed by atoms with Gasteiger partial charge in [0.25, 0.3) is 0 Å². The molecular weight excluding hydrogens is 432 g/mol. The molecule has 3 rings (SSSR count). The summed E-state index contributed by atoms with van der Waals surface area (Å²) >= 11 is 0. The summed E-state index contributed by atoms with van der Waals surface area (Å²) in [6.45, 7) is 0.517. The molecule has 0 aromatic heterocycles. The van der Waals surface area contributed by atoms with E-state index in [1.807, 2.05) is 0 Å². The highest BCUT2D eigenvalue weighted by Crippen LogP contribution is 2.40. The van der Waals surface area contributed by atoms with Crippen molar-refractivity contribution in [3.8, 4) is 0 Å². The number of carbonyl (C=O) groups is 3. The first-order chi connectivity index (χ1) is 16.4. The Bertz CT molecular complexity index is 624. The van der Waals surface area contributed by atoms with Gasteiger partial charge in [0.15, 0.2) is 0 Å². The number of aliphatic carboxylic acids is 1. The number of fused-ring (bicyclic) bond motifs is 1. The molecule has 8 heteroatoms. The second-order valence-electron chi connectivity index (χ2n) is 10.6. The Balaban J connectivity index is 0.000000273. The number of carboxylic acid groups (broad SMARTS) is 1. The van der Waals surface area contributed by atoms with Gasteiger partial charge in [0.05, 0.1) is 0 Å². The highest BCUT2D eigenvalue weighted by molar-refractivity contribution is 5.81. The summed E-state index contributed by atoms with van der Waals surface area (Å²) in [4.78, 5) is 33.1. The minimum absolute atomic E-state index is 0.333. The average molecular weight is 481 g/mol. The molecule has 4 atom stereocenters. The molecule has 3 amide bonds. The maximum atomic E-state index is 12.2. The lowest BCUT2D eigenvalue weighted by Crippen LogP contribution is -2.43. The number of nitrogens with two attached hydrogens (primary N) is 2. The van der Waals surface area contributed by atoms with Gasteiger partial charge in [-0.1, -0.05) is 57.8 Å². The monoisotopic (exact) mass is 480 g/mol. The van der Waals surface area contributed by atoms with Crippen LogP contribution in [0, 0.1) is 17.8 Å². The molecule has 3 fully saturated rings. The molecule has 3 saturated carbocycles. The SMILES string of the molecule is NCCCC[C@H](NC(N)=O)C(=O)O.O=C(CCC1CCCCC1)NC1CCC2CCCCC2C1. The second-order valence-corrected chi connectivity index (χ2v) is 10.6. The minimum Gasteiger partial charge on any atom is -0.480 e. The average Bonchev–Trinajstić information content (AvgIpc) is 2.83. The van der Waals surface area contributed by atoms with E-state index in [9.17, 15) is 14.4 Å². The fraction of sp³-hybridized carbons (Fsp3) is 0.885. The zero-order chi connectivity index (χ0) is 24.8. The Morgan fingerprint density at radius 2 is 1.56 bits per heavy atom. The molecule has 0 aliphatic heterocycles. The van der Waals surface area contributed by atoms with Gasteiger partial charge >= 0.3 is 12.0 Å². The van der Waals surface area contributed by atoms with Gasteiger partial charge in [-0.25, -0.2) is 9.59 Å². The number of hydrogen-bond acceptors (Lipinski definition) is 4. The van der Waals surface area contributed by atoms with E-state index < -0.39 is 18.0 Å². The van der Waals surface area contributed by atoms with Crippen LogP contribution in [0.4, 0.5) is 4.79 Å². The van der Waals surface area contributed by atoms with E-state index >= 15 is 0 Å². The van der Waals surface area contributed by atoms with Crippen molar-refractivity contribution in [2.24, 2.45) is 29.2 Å². The smallest absolute Gasteiger partial charge is 0.326 e. The summed E-state index contributed by atoms with van der Waals surface area (Å²) in [6.07, 6.45) is 20.2. The molecule has 0 aromatic rings. The molecule has 196 valence electrons. The largest absolute Gasteiger partial charge is 0.480 e. The molecule has 34 heavy (non-hydrogen) atoms. The van der Waals surface area contributed by atoms with E-state index in [2.05, 4.69) is 10.6 Å². The summed E-state index contributed by atoms with van der Waals surface area (Å²) < 4.78 is 0. The molecule has 0 saturated heterocycles. The van der Waals surface area contributed by atoms with Crippen molar-refractivity contribution in [2.75, 3.05) is 6.54 Å². The van der Waals surface area contributed by atoms with Gasteiger partial charge in [0.2, 0.25) is 5.91 Å². The lowest BCUT2D eigenvalue weighted by atomic mass is 9.69. The van der Waals surface area contributed by atoms with Crippen molar-refractivity contribution < 1.29 is 19.5 Å². The van der Waals surface area contributed by atoms with Crippen LogP contribution in [0.2, 0.25) is 0 Å². The van der Waals surface area contributed by atoms with Crippen LogP contribution in [0.25, 0.3) is 0 Å². The molecule has 0 spiro atoms. The van der Waals surface area contributed by atoms with Crippen LogP contribution in [0.5, 0.6) is 0 Å². The highest BCUT2D eigenvalue weighted by atomic mass is 16.4. The van der Waals surface area contributed by atoms with Gasteiger partial charge in [-0.2, -0.15) is 0 Å². The van der Waals surface area contributed by atoms with E-state index in [-0.39, 0.29) is 0 Å². The number of hydrogen-bond donors (Lipinski definition) is 5. The highest BCUT2D eigenvalue weighted by Gasteiger charge is 2.32. The van der Waals surface area contributed by atoms with Crippen LogP contribution in [-0.4, -0.2) is 41.6 Å². The van der Waals surface area contributed by atoms with Gasteiger partial charge in [0, 0.05) is 12.5 Å². The Morgan fingerprint density at radius 3 is 2.21 bits per heavy atom. The van der Waals surface area contributed by atoms with E-state index in [0.717, 1.165) is 37.0 Å². The van der Waals surface area contributed by atoms with E-state index in [1.54, 1.807) is 0 Å². The number of urea groups is 1. The number of carbonyl (C=O) groups excluding carboxylic acids is 2. The van der Waals surface area contributed by atoms with Crippen molar-refractivity contribution in [3.05, 3.63) is 0 Å². The Labute approximate surface area is 205 Å². The van der Waals surface area contributed by atoms with Crippen LogP contribution in [0.15, 0.2) is 0 Å². The summed E-state index contributed by atoms with van der Waals surface area (Å²) in [7, 11) is 0. The first-order valence-electron chi connectivity index (χ1n) is 13.7. The standard InChI is InChI=1S/C19H33NO.C7H15N3O3/c21-19(13-10-15-6-2-1-3-7-15)20-18-12-11-16-8-4-5-9-17(16)14-18;8-4-2-1-3-5(6(11)12)10-7(9)13/h15-18H,1-14H2,(H,20,21);5H,1-4,8H2,(H,11,12)(H3,9,10,13)/t;5-/m.0/s1. The fourth-order valence-electron chi connectivity index (χ4n) is 6.04. The van der Waals surface area contributed by atoms with Crippen molar-refractivity contribution in [1.82, 2.24) is 10.6 Å². The van der Waals surface area contributed by atoms with Crippen LogP contribution in [-0.2, 0) is 9.59 Å². The molecular formula is C26H48N4O4. The van der Waals surface area contributed by atoms with Crippen LogP contribution >= 0.6 is 0 Å². The fourth-order valence-corrected chi connectivity index (χ4v) is 6.04. The van der Waals surface area contributed by atoms with E-state index in [0.29, 0.717) is 31.3 Å². The van der Waals surface area contributed by atoms with Crippen molar-refractivity contribution in [3.63, 3.8) is 0 Å². The topological polar surface area (TPSA) is 148 Å². The van der Waals surface area contributed by atoms with E-state index in [4.69, 9.17) is 16.6 Å². The van der Waals surface area contributed by atoms with Crippen LogP contribution in [0.3, 0.4) is 0 Å². The van der Waals surface area contributed by atoms with Crippen molar-refractivity contribution in [1.29, 1.82) is 0 Å². The maximum Gasteiger partial charge on any atom is 0.326 e. The molecule has 0 aromatic carbocycles. The van der Waals surface area contributed by atoms with Crippen LogP contribution < -0.4 is 22.1 Å². The van der Waals surface area contributed by atoms with E-state index in [1.165, 1.54) is 77.0 Å². The zero-order valence-corrected chi connectivity index (χ0v) is 20.9. The maximum absolute atomic E-state index is 12.2. The summed E-state index contributed by atoms with van der Waals surface area (Å²) in [5.74, 6) is 1.99. The number of primary amides is 1. The van der Waals surface area contributed by atoms with Gasteiger partial charge in [-0.3, -0.25) is 4.79 Å². The quantitative estimate of drug-likeness (QED) is 0.299. The van der Waals surface area contributed by atoms with Crippen molar-refractivity contribution >= 4 is 17.9 Å². The molecule has 3 aliphatic rings. The second kappa shape index (κ2) is 16.0. The number of unbranched alkanes of at least 4 members (excludes halogenated alkanes) is 1. The number of carboxylic acids is 1. The Kier molecular flexibility index (Phi) is 13.3. The van der Waals surface area contributed by atoms with Crippen LogP contribution in [0.1, 0.15) is 109 Å². The molecule has 0 radical (unpaired) electrons. The third kappa shape index (κ3) is 11.1.